The summed E-state index contributed by atoms with van der Waals surface area (Å²) in [6.07, 6.45) is 3.64. The zero-order valence-corrected chi connectivity index (χ0v) is 14.3. The number of nitrogens with one attached hydrogen (secondary N) is 2. The van der Waals surface area contributed by atoms with Crippen LogP contribution in [-0.2, 0) is 4.79 Å². The maximum absolute atomic E-state index is 12.3. The van der Waals surface area contributed by atoms with Crippen molar-refractivity contribution in [3.63, 3.8) is 0 Å². The Morgan fingerprint density at radius 3 is 2.41 bits per heavy atom. The number of aromatic nitrogens is 2. The lowest BCUT2D eigenvalue weighted by Gasteiger charge is -2.30. The van der Waals surface area contributed by atoms with Gasteiger partial charge in [-0.3, -0.25) is 9.48 Å². The van der Waals surface area contributed by atoms with Crippen LogP contribution < -0.4 is 10.6 Å². The van der Waals surface area contributed by atoms with Gasteiger partial charge in [0.2, 0.25) is 5.91 Å². The Bertz CT molecular complexity index is 519. The molecule has 1 heterocycles. The molecule has 1 aromatic heterocycles. The highest BCUT2D eigenvalue weighted by Gasteiger charge is 2.32. The van der Waals surface area contributed by atoms with Crippen LogP contribution in [0, 0.1) is 17.2 Å². The maximum atomic E-state index is 12.3. The molecule has 1 amide bonds. The van der Waals surface area contributed by atoms with Crippen molar-refractivity contribution in [1.82, 2.24) is 20.4 Å². The molecule has 1 aromatic rings. The van der Waals surface area contributed by atoms with Gasteiger partial charge in [-0.05, 0) is 39.7 Å². The van der Waals surface area contributed by atoms with Gasteiger partial charge in [0.15, 0.2) is 0 Å². The molecule has 6 nitrogen and oxygen atoms in total. The third-order valence-electron chi connectivity index (χ3n) is 4.34. The molecule has 0 aromatic carbocycles. The number of nitriles is 1. The van der Waals surface area contributed by atoms with Crippen LogP contribution in [0.4, 0.5) is 0 Å². The Hall–Kier alpha value is -1.87. The van der Waals surface area contributed by atoms with E-state index >= 15 is 0 Å². The van der Waals surface area contributed by atoms with Crippen molar-refractivity contribution in [2.24, 2.45) is 5.92 Å². The molecule has 6 heteroatoms. The van der Waals surface area contributed by atoms with E-state index in [2.05, 4.69) is 21.8 Å². The van der Waals surface area contributed by atoms with Gasteiger partial charge in [0.05, 0.1) is 18.2 Å². The fraction of sp³-hybridized carbons (Fsp3) is 0.688. The lowest BCUT2D eigenvalue weighted by molar-refractivity contribution is -0.124. The normalized spacial score (nSPS) is 18.1. The number of carbonyl (C=O) groups is 1. The number of hydrogen-bond acceptors (Lipinski definition) is 4. The third kappa shape index (κ3) is 4.31. The van der Waals surface area contributed by atoms with Gasteiger partial charge in [0, 0.05) is 18.4 Å². The number of carbonyl (C=O) groups excluding carboxylic acids is 1. The van der Waals surface area contributed by atoms with Crippen molar-refractivity contribution in [3.05, 3.63) is 18.5 Å². The van der Waals surface area contributed by atoms with Crippen LogP contribution in [0.2, 0.25) is 0 Å². The first-order valence-corrected chi connectivity index (χ1v) is 7.69. The van der Waals surface area contributed by atoms with Gasteiger partial charge in [-0.2, -0.15) is 10.4 Å². The van der Waals surface area contributed by atoms with Crippen LogP contribution in [-0.4, -0.2) is 33.3 Å². The molecule has 122 valence electrons. The van der Waals surface area contributed by atoms with E-state index in [1.165, 1.54) is 0 Å². The molecule has 0 saturated heterocycles. The van der Waals surface area contributed by atoms with Gasteiger partial charge in [0.1, 0.15) is 5.54 Å². The van der Waals surface area contributed by atoms with Crippen LogP contribution in [0.1, 0.15) is 47.6 Å². The van der Waals surface area contributed by atoms with E-state index < -0.39 is 5.54 Å². The van der Waals surface area contributed by atoms with E-state index in [0.29, 0.717) is 0 Å². The maximum Gasteiger partial charge on any atom is 0.238 e. The molecular weight excluding hydrogens is 278 g/mol. The Morgan fingerprint density at radius 1 is 1.32 bits per heavy atom. The van der Waals surface area contributed by atoms with Gasteiger partial charge < -0.3 is 10.6 Å². The molecule has 0 radical (unpaired) electrons. The second-order valence-electron chi connectivity index (χ2n) is 6.36. The quantitative estimate of drug-likeness (QED) is 0.805. The highest BCUT2D eigenvalue weighted by Crippen LogP contribution is 2.15. The van der Waals surface area contributed by atoms with Crippen molar-refractivity contribution in [3.8, 4) is 6.07 Å². The smallest absolute Gasteiger partial charge is 0.238 e. The summed E-state index contributed by atoms with van der Waals surface area (Å²) in [5.41, 5.74) is -0.857. The van der Waals surface area contributed by atoms with Crippen LogP contribution in [0.15, 0.2) is 18.5 Å². The van der Waals surface area contributed by atoms with Crippen molar-refractivity contribution in [1.29, 1.82) is 5.26 Å². The zero-order valence-electron chi connectivity index (χ0n) is 14.3. The lowest BCUT2D eigenvalue weighted by Crippen LogP contribution is -2.56. The highest BCUT2D eigenvalue weighted by molar-refractivity contribution is 5.82. The van der Waals surface area contributed by atoms with E-state index in [0.717, 1.165) is 0 Å². The summed E-state index contributed by atoms with van der Waals surface area (Å²) in [5.74, 6) is -0.133. The molecule has 0 saturated carbocycles. The molecule has 0 fully saturated rings. The minimum atomic E-state index is -0.857. The lowest BCUT2D eigenvalue weighted by atomic mass is 9.90. The summed E-state index contributed by atoms with van der Waals surface area (Å²) in [6.45, 7) is 11.5. The van der Waals surface area contributed by atoms with Gasteiger partial charge in [-0.15, -0.1) is 0 Å². The fourth-order valence-corrected chi connectivity index (χ4v) is 2.03. The summed E-state index contributed by atoms with van der Waals surface area (Å²) >= 11 is 0. The second-order valence-corrected chi connectivity index (χ2v) is 6.36. The Morgan fingerprint density at radius 2 is 1.95 bits per heavy atom. The Kier molecular flexibility index (Phi) is 6.12. The van der Waals surface area contributed by atoms with Crippen molar-refractivity contribution >= 4 is 5.91 Å². The number of nitrogens with zero attached hydrogens (tertiary/aromatic N) is 3. The van der Waals surface area contributed by atoms with Crippen molar-refractivity contribution in [2.45, 2.75) is 65.2 Å². The van der Waals surface area contributed by atoms with E-state index in [1.54, 1.807) is 20.0 Å². The molecule has 2 N–H and O–H groups in total. The van der Waals surface area contributed by atoms with Gasteiger partial charge >= 0.3 is 0 Å². The van der Waals surface area contributed by atoms with Crippen molar-refractivity contribution in [2.75, 3.05) is 0 Å². The first-order chi connectivity index (χ1) is 10.2. The van der Waals surface area contributed by atoms with Gasteiger partial charge in [-0.1, -0.05) is 13.8 Å². The van der Waals surface area contributed by atoms with Gasteiger partial charge in [0.25, 0.3) is 0 Å². The van der Waals surface area contributed by atoms with E-state index in [-0.39, 0.29) is 30.0 Å². The Labute approximate surface area is 132 Å². The van der Waals surface area contributed by atoms with E-state index in [1.807, 2.05) is 44.6 Å². The minimum absolute atomic E-state index is 0.0362. The average molecular weight is 305 g/mol. The molecule has 0 unspecified atom stereocenters. The van der Waals surface area contributed by atoms with E-state index in [9.17, 15) is 10.1 Å². The molecule has 0 bridgehead atoms. The first-order valence-electron chi connectivity index (χ1n) is 7.69. The van der Waals surface area contributed by atoms with Crippen LogP contribution in [0.25, 0.3) is 0 Å². The largest absolute Gasteiger partial charge is 0.336 e. The summed E-state index contributed by atoms with van der Waals surface area (Å²) < 4.78 is 1.86. The van der Waals surface area contributed by atoms with Crippen LogP contribution in [0.3, 0.4) is 0 Å². The monoisotopic (exact) mass is 305 g/mol. The molecule has 0 spiro atoms. The Balaban J connectivity index is 2.63. The van der Waals surface area contributed by atoms with Crippen molar-refractivity contribution < 1.29 is 4.79 Å². The summed E-state index contributed by atoms with van der Waals surface area (Å²) in [5, 5.41) is 19.6. The van der Waals surface area contributed by atoms with Crippen LogP contribution in [0.5, 0.6) is 0 Å². The minimum Gasteiger partial charge on any atom is -0.336 e. The van der Waals surface area contributed by atoms with E-state index in [4.69, 9.17) is 0 Å². The molecule has 0 aliphatic heterocycles. The van der Waals surface area contributed by atoms with Crippen LogP contribution >= 0.6 is 0 Å². The van der Waals surface area contributed by atoms with Gasteiger partial charge in [-0.25, -0.2) is 0 Å². The number of hydrogen-bond donors (Lipinski definition) is 2. The molecule has 22 heavy (non-hydrogen) atoms. The summed E-state index contributed by atoms with van der Waals surface area (Å²) in [6, 6.07) is 3.86. The standard InChI is InChI=1S/C16H27N5O/c1-11(2)16(6,10-17)20-15(22)13(4)19-12(3)14(5)21-9-7-8-18-21/h7-9,11-14,19H,1-6H3,(H,20,22)/t12-,13+,14-,16-/m1/s1. The molecule has 0 aliphatic rings. The molecule has 1 rings (SSSR count). The summed E-state index contributed by atoms with van der Waals surface area (Å²) in [4.78, 5) is 12.3. The predicted octanol–water partition coefficient (Wildman–Crippen LogP) is 1.87. The molecule has 4 atom stereocenters. The topological polar surface area (TPSA) is 82.7 Å². The predicted molar refractivity (Wildman–Crippen MR) is 86.0 cm³/mol. The molecule has 0 aliphatic carbocycles. The fourth-order valence-electron chi connectivity index (χ4n) is 2.03. The SMILES string of the molecule is CC(C)[C@@](C)(C#N)NC(=O)[C@H](C)N[C@H](C)[C@@H](C)n1cccn1. The summed E-state index contributed by atoms with van der Waals surface area (Å²) in [7, 11) is 0. The average Bonchev–Trinajstić information content (AvgIpc) is 2.99. The first kappa shape index (κ1) is 18.2. The number of amides is 1. The second kappa shape index (κ2) is 7.41. The highest BCUT2D eigenvalue weighted by atomic mass is 16.2. The zero-order chi connectivity index (χ0) is 16.9. The number of rotatable bonds is 7. The third-order valence-corrected chi connectivity index (χ3v) is 4.34. The molecular formula is C16H27N5O.